The van der Waals surface area contributed by atoms with Gasteiger partial charge in [0.05, 0.1) is 6.21 Å². The molecule has 0 bridgehead atoms. The molecule has 41 heavy (non-hydrogen) atoms. The van der Waals surface area contributed by atoms with E-state index in [9.17, 15) is 26.3 Å². The Hall–Kier alpha value is -4.88. The van der Waals surface area contributed by atoms with Crippen LogP contribution < -0.4 is 20.0 Å². The van der Waals surface area contributed by atoms with Crippen molar-refractivity contribution in [2.45, 2.75) is 18.5 Å². The van der Waals surface area contributed by atoms with E-state index in [2.05, 4.69) is 30.2 Å². The van der Waals surface area contributed by atoms with E-state index in [0.29, 0.717) is 16.9 Å². The van der Waals surface area contributed by atoms with Crippen LogP contribution in [0, 0.1) is 0 Å². The number of hydrogen-bond donors (Lipinski definition) is 1. The van der Waals surface area contributed by atoms with Gasteiger partial charge in [-0.2, -0.15) is 46.4 Å². The van der Waals surface area contributed by atoms with Gasteiger partial charge >= 0.3 is 18.4 Å². The number of nitrogens with zero attached hydrogens (tertiary/aromatic N) is 6. The van der Waals surface area contributed by atoms with E-state index >= 15 is 0 Å². The maximum absolute atomic E-state index is 13.3. The highest BCUT2D eigenvalue weighted by Crippen LogP contribution is 2.37. The molecule has 1 N–H and O–H groups in total. The Bertz CT molecular complexity index is 1390. The first-order valence-corrected chi connectivity index (χ1v) is 11.9. The molecule has 0 spiro atoms. The second kappa shape index (κ2) is 12.1. The van der Waals surface area contributed by atoms with Gasteiger partial charge in [0.15, 0.2) is 0 Å². The lowest BCUT2D eigenvalue weighted by atomic mass is 10.2. The Kier molecular flexibility index (Phi) is 8.59. The van der Waals surface area contributed by atoms with Gasteiger partial charge in [0, 0.05) is 31.2 Å². The van der Waals surface area contributed by atoms with Gasteiger partial charge in [-0.25, -0.2) is 5.43 Å². The number of anilines is 5. The highest BCUT2D eigenvalue weighted by molar-refractivity contribution is 5.81. The third kappa shape index (κ3) is 7.62. The molecule has 0 radical (unpaired) electrons. The quantitative estimate of drug-likeness (QED) is 0.135. The molecular formula is C27H23F6N7O. The molecule has 0 saturated carbocycles. The number of halogens is 6. The van der Waals surface area contributed by atoms with Gasteiger partial charge in [0.25, 0.3) is 12.1 Å². The molecule has 1 heterocycles. The van der Waals surface area contributed by atoms with Gasteiger partial charge in [-0.05, 0) is 42.0 Å². The predicted molar refractivity (Wildman–Crippen MR) is 143 cm³/mol. The molecule has 0 aliphatic heterocycles. The summed E-state index contributed by atoms with van der Waals surface area (Å²) in [4.78, 5) is 15.0. The van der Waals surface area contributed by atoms with E-state index in [1.54, 1.807) is 72.8 Å². The largest absolute Gasteiger partial charge is 0.440 e. The minimum atomic E-state index is -5.78. The summed E-state index contributed by atoms with van der Waals surface area (Å²) in [6.45, 7) is 0. The van der Waals surface area contributed by atoms with Crippen LogP contribution in [0.4, 0.5) is 55.3 Å². The van der Waals surface area contributed by atoms with Crippen LogP contribution in [0.2, 0.25) is 0 Å². The number of alkyl halides is 6. The Morgan fingerprint density at radius 3 is 1.76 bits per heavy atom. The van der Waals surface area contributed by atoms with Crippen LogP contribution in [0.5, 0.6) is 6.01 Å². The van der Waals surface area contributed by atoms with Crippen molar-refractivity contribution in [3.05, 3.63) is 90.5 Å². The van der Waals surface area contributed by atoms with Crippen LogP contribution in [0.3, 0.4) is 0 Å². The second-order valence-electron chi connectivity index (χ2n) is 8.69. The smallest absolute Gasteiger partial charge is 0.434 e. The number of rotatable bonds is 9. The molecule has 8 nitrogen and oxygen atoms in total. The normalized spacial score (nSPS) is 12.0. The number of para-hydroxylation sites is 2. The fourth-order valence-electron chi connectivity index (χ4n) is 3.53. The molecule has 3 aromatic carbocycles. The van der Waals surface area contributed by atoms with E-state index in [1.807, 2.05) is 31.1 Å². The van der Waals surface area contributed by atoms with Crippen molar-refractivity contribution in [2.75, 3.05) is 29.3 Å². The Morgan fingerprint density at radius 2 is 1.27 bits per heavy atom. The summed E-state index contributed by atoms with van der Waals surface area (Å²) in [5, 5.41) is 3.99. The zero-order chi connectivity index (χ0) is 29.6. The minimum Gasteiger partial charge on any atom is -0.440 e. The van der Waals surface area contributed by atoms with Crippen molar-refractivity contribution in [3.8, 4) is 6.01 Å². The maximum Gasteiger partial charge on any atom is 0.434 e. The molecular weight excluding hydrogens is 552 g/mol. The third-order valence-electron chi connectivity index (χ3n) is 5.44. The monoisotopic (exact) mass is 575 g/mol. The zero-order valence-electron chi connectivity index (χ0n) is 21.6. The lowest BCUT2D eigenvalue weighted by Gasteiger charge is -2.25. The van der Waals surface area contributed by atoms with Crippen molar-refractivity contribution < 1.29 is 31.1 Å². The highest BCUT2D eigenvalue weighted by Gasteiger charge is 2.59. The molecule has 4 aromatic rings. The molecule has 1 aromatic heterocycles. The van der Waals surface area contributed by atoms with Crippen LogP contribution in [0.1, 0.15) is 5.56 Å². The Morgan fingerprint density at radius 1 is 0.732 bits per heavy atom. The van der Waals surface area contributed by atoms with Crippen LogP contribution >= 0.6 is 0 Å². The molecule has 4 rings (SSSR count). The maximum atomic E-state index is 13.3. The highest BCUT2D eigenvalue weighted by atomic mass is 19.4. The topological polar surface area (TPSA) is 78.8 Å². The standard InChI is InChI=1S/C27H23F6N7O/c1-39(2)19-15-13-18(14-16-19)17-34-38-23-35-24(37-25(36-23)41-22(26(28,29)30)27(31,32)33)40(20-9-5-3-6-10-20)21-11-7-4-8-12-21/h3-17,22H,1-2H3,(H,35,36,37,38)/b34-17-. The number of nitrogens with one attached hydrogen (secondary N) is 1. The number of hydrogen-bond acceptors (Lipinski definition) is 8. The Labute approximate surface area is 230 Å². The molecule has 0 aliphatic rings. The molecule has 0 atom stereocenters. The van der Waals surface area contributed by atoms with Crippen LogP contribution in [-0.2, 0) is 0 Å². The number of aromatic nitrogens is 3. The summed E-state index contributed by atoms with van der Waals surface area (Å²) in [7, 11) is 3.75. The zero-order valence-corrected chi connectivity index (χ0v) is 21.6. The fraction of sp³-hybridized carbons (Fsp3) is 0.185. The summed E-state index contributed by atoms with van der Waals surface area (Å²) < 4.78 is 84.1. The fourth-order valence-corrected chi connectivity index (χ4v) is 3.53. The molecule has 0 unspecified atom stereocenters. The van der Waals surface area contributed by atoms with Crippen molar-refractivity contribution in [2.24, 2.45) is 5.10 Å². The van der Waals surface area contributed by atoms with Gasteiger partial charge in [0.1, 0.15) is 0 Å². The van der Waals surface area contributed by atoms with E-state index in [1.165, 1.54) is 11.1 Å². The number of ether oxygens (including phenoxy) is 1. The van der Waals surface area contributed by atoms with Crippen molar-refractivity contribution in [1.82, 2.24) is 15.0 Å². The summed E-state index contributed by atoms with van der Waals surface area (Å²) >= 11 is 0. The van der Waals surface area contributed by atoms with Gasteiger partial charge in [-0.1, -0.05) is 48.5 Å². The molecule has 0 fully saturated rings. The molecule has 0 saturated heterocycles. The lowest BCUT2D eigenvalue weighted by Crippen LogP contribution is -2.47. The van der Waals surface area contributed by atoms with Crippen molar-refractivity contribution >= 4 is 35.2 Å². The lowest BCUT2D eigenvalue weighted by molar-refractivity contribution is -0.301. The van der Waals surface area contributed by atoms with E-state index < -0.39 is 30.4 Å². The second-order valence-corrected chi connectivity index (χ2v) is 8.69. The van der Waals surface area contributed by atoms with Crippen LogP contribution in [-0.4, -0.2) is 53.7 Å². The third-order valence-corrected chi connectivity index (χ3v) is 5.44. The molecule has 0 aliphatic carbocycles. The predicted octanol–water partition coefficient (Wildman–Crippen LogP) is 6.73. The average molecular weight is 576 g/mol. The first-order valence-electron chi connectivity index (χ1n) is 11.9. The molecule has 14 heteroatoms. The Balaban J connectivity index is 1.76. The summed E-state index contributed by atoms with van der Waals surface area (Å²) in [5.41, 5.74) is 4.97. The van der Waals surface area contributed by atoms with Gasteiger partial charge in [-0.3, -0.25) is 4.90 Å². The van der Waals surface area contributed by atoms with Crippen LogP contribution in [0.25, 0.3) is 0 Å². The van der Waals surface area contributed by atoms with Crippen LogP contribution in [0.15, 0.2) is 90.0 Å². The van der Waals surface area contributed by atoms with Gasteiger partial charge in [-0.15, -0.1) is 0 Å². The number of benzene rings is 3. The van der Waals surface area contributed by atoms with E-state index in [4.69, 9.17) is 0 Å². The van der Waals surface area contributed by atoms with E-state index in [0.717, 1.165) is 5.69 Å². The molecule has 214 valence electrons. The summed E-state index contributed by atoms with van der Waals surface area (Å²) in [6, 6.07) is 22.9. The molecule has 0 amide bonds. The summed E-state index contributed by atoms with van der Waals surface area (Å²) in [5.74, 6) is -0.769. The van der Waals surface area contributed by atoms with Crippen molar-refractivity contribution in [1.29, 1.82) is 0 Å². The van der Waals surface area contributed by atoms with Gasteiger partial charge < -0.3 is 9.64 Å². The first kappa shape index (κ1) is 29.1. The SMILES string of the molecule is CN(C)c1ccc(/C=N\Nc2nc(OC(C(F)(F)F)C(F)(F)F)nc(N(c3ccccc3)c3ccccc3)n2)cc1. The average Bonchev–Trinajstić information content (AvgIpc) is 2.92. The van der Waals surface area contributed by atoms with Crippen molar-refractivity contribution in [3.63, 3.8) is 0 Å². The minimum absolute atomic E-state index is 0.316. The van der Waals surface area contributed by atoms with E-state index in [-0.39, 0.29) is 5.95 Å². The number of hydrazone groups is 1. The van der Waals surface area contributed by atoms with Gasteiger partial charge in [0.2, 0.25) is 5.95 Å². The summed E-state index contributed by atoms with van der Waals surface area (Å²) in [6.07, 6.45) is -14.4. The first-order chi connectivity index (χ1) is 19.4.